The van der Waals surface area contributed by atoms with Crippen molar-refractivity contribution in [2.45, 2.75) is 13.3 Å². The number of hydrogen-bond acceptors (Lipinski definition) is 0. The van der Waals surface area contributed by atoms with Crippen molar-refractivity contribution in [3.8, 4) is 0 Å². The Balaban J connectivity index is 2.39. The summed E-state index contributed by atoms with van der Waals surface area (Å²) in [6.07, 6.45) is 18.6. The van der Waals surface area contributed by atoms with Gasteiger partial charge in [0.25, 0.3) is 0 Å². The SMILES string of the molecule is CC1=CC=C/C2=C/C=C\CC=CC12. The van der Waals surface area contributed by atoms with Crippen molar-refractivity contribution in [3.05, 3.63) is 59.8 Å². The average Bonchev–Trinajstić information content (AvgIpc) is 2.07. The summed E-state index contributed by atoms with van der Waals surface area (Å²) in [5, 5.41) is 0. The first-order chi connectivity index (χ1) is 6.38. The van der Waals surface area contributed by atoms with Gasteiger partial charge in [-0.15, -0.1) is 0 Å². The van der Waals surface area contributed by atoms with Gasteiger partial charge in [0.15, 0.2) is 0 Å². The monoisotopic (exact) mass is 170 g/mol. The third kappa shape index (κ3) is 1.72. The Bertz CT molecular complexity index is 335. The fraction of sp³-hybridized carbons (Fsp3) is 0.231. The van der Waals surface area contributed by atoms with Crippen molar-refractivity contribution >= 4 is 0 Å². The normalized spacial score (nSPS) is 32.2. The summed E-state index contributed by atoms with van der Waals surface area (Å²) < 4.78 is 0. The van der Waals surface area contributed by atoms with E-state index in [1.54, 1.807) is 0 Å². The standard InChI is InChI=1S/C13H14/c1-11-7-6-9-12-8-4-2-3-5-10-13(11)12/h2,4-10,13H,3H2,1H3/b4-2-,10-5?,12-8-. The van der Waals surface area contributed by atoms with Crippen LogP contribution in [0, 0.1) is 5.92 Å². The zero-order valence-electron chi connectivity index (χ0n) is 7.90. The molecule has 0 aromatic heterocycles. The van der Waals surface area contributed by atoms with Gasteiger partial charge in [-0.3, -0.25) is 0 Å². The Morgan fingerprint density at radius 2 is 2.08 bits per heavy atom. The summed E-state index contributed by atoms with van der Waals surface area (Å²) in [6, 6.07) is 0. The van der Waals surface area contributed by atoms with Gasteiger partial charge in [0.2, 0.25) is 0 Å². The maximum absolute atomic E-state index is 2.30. The average molecular weight is 170 g/mol. The van der Waals surface area contributed by atoms with Crippen molar-refractivity contribution in [1.29, 1.82) is 0 Å². The van der Waals surface area contributed by atoms with E-state index in [0.29, 0.717) is 5.92 Å². The number of allylic oxidation sites excluding steroid dienone is 10. The fourth-order valence-electron chi connectivity index (χ4n) is 1.75. The molecule has 0 heteroatoms. The molecule has 0 bridgehead atoms. The van der Waals surface area contributed by atoms with Crippen LogP contribution >= 0.6 is 0 Å². The molecule has 0 fully saturated rings. The van der Waals surface area contributed by atoms with E-state index >= 15 is 0 Å². The summed E-state index contributed by atoms with van der Waals surface area (Å²) in [6.45, 7) is 2.19. The molecule has 0 nitrogen and oxygen atoms in total. The van der Waals surface area contributed by atoms with Crippen LogP contribution in [0.4, 0.5) is 0 Å². The Hall–Kier alpha value is -1.30. The minimum atomic E-state index is 0.509. The molecule has 1 atom stereocenters. The molecule has 0 radical (unpaired) electrons. The maximum atomic E-state index is 2.30. The molecule has 0 spiro atoms. The molecule has 0 amide bonds. The highest BCUT2D eigenvalue weighted by atomic mass is 14.2. The quantitative estimate of drug-likeness (QED) is 0.488. The van der Waals surface area contributed by atoms with Crippen LogP contribution in [0.15, 0.2) is 59.8 Å². The molecular weight excluding hydrogens is 156 g/mol. The Morgan fingerprint density at radius 3 is 3.00 bits per heavy atom. The Labute approximate surface area is 79.7 Å². The van der Waals surface area contributed by atoms with Crippen LogP contribution in [0.5, 0.6) is 0 Å². The van der Waals surface area contributed by atoms with Crippen molar-refractivity contribution in [1.82, 2.24) is 0 Å². The largest absolute Gasteiger partial charge is 0.0838 e. The van der Waals surface area contributed by atoms with Crippen LogP contribution in [0.3, 0.4) is 0 Å². The van der Waals surface area contributed by atoms with E-state index < -0.39 is 0 Å². The first kappa shape index (κ1) is 8.31. The number of hydrogen-bond donors (Lipinski definition) is 0. The summed E-state index contributed by atoms with van der Waals surface area (Å²) in [5.74, 6) is 0.509. The van der Waals surface area contributed by atoms with Gasteiger partial charge in [0.05, 0.1) is 0 Å². The van der Waals surface area contributed by atoms with Crippen molar-refractivity contribution < 1.29 is 0 Å². The zero-order valence-corrected chi connectivity index (χ0v) is 7.90. The second-order valence-electron chi connectivity index (χ2n) is 3.51. The fourth-order valence-corrected chi connectivity index (χ4v) is 1.75. The zero-order chi connectivity index (χ0) is 9.10. The van der Waals surface area contributed by atoms with E-state index in [2.05, 4.69) is 55.5 Å². The first-order valence-corrected chi connectivity index (χ1v) is 4.76. The van der Waals surface area contributed by atoms with Crippen LogP contribution in [0.1, 0.15) is 13.3 Å². The van der Waals surface area contributed by atoms with Crippen LogP contribution in [-0.2, 0) is 0 Å². The lowest BCUT2D eigenvalue weighted by Gasteiger charge is -2.18. The molecule has 1 unspecified atom stereocenters. The topological polar surface area (TPSA) is 0 Å². The van der Waals surface area contributed by atoms with Gasteiger partial charge in [0, 0.05) is 5.92 Å². The molecule has 0 N–H and O–H groups in total. The number of fused-ring (bicyclic) bond motifs is 1. The predicted octanol–water partition coefficient (Wildman–Crippen LogP) is 3.56. The molecular formula is C13H14. The first-order valence-electron chi connectivity index (χ1n) is 4.76. The highest BCUT2D eigenvalue weighted by molar-refractivity contribution is 5.42. The van der Waals surface area contributed by atoms with Crippen molar-refractivity contribution in [3.63, 3.8) is 0 Å². The second-order valence-corrected chi connectivity index (χ2v) is 3.51. The summed E-state index contributed by atoms with van der Waals surface area (Å²) in [5.41, 5.74) is 2.83. The maximum Gasteiger partial charge on any atom is 0.0228 e. The smallest absolute Gasteiger partial charge is 0.0228 e. The molecule has 0 saturated heterocycles. The van der Waals surface area contributed by atoms with E-state index in [9.17, 15) is 0 Å². The van der Waals surface area contributed by atoms with E-state index in [1.807, 2.05) is 0 Å². The highest BCUT2D eigenvalue weighted by Gasteiger charge is 2.12. The molecule has 0 aromatic carbocycles. The van der Waals surface area contributed by atoms with Crippen molar-refractivity contribution in [2.75, 3.05) is 0 Å². The van der Waals surface area contributed by atoms with Crippen LogP contribution in [0.25, 0.3) is 0 Å². The lowest BCUT2D eigenvalue weighted by molar-refractivity contribution is 0.902. The minimum Gasteiger partial charge on any atom is -0.0838 e. The lowest BCUT2D eigenvalue weighted by Crippen LogP contribution is -2.04. The van der Waals surface area contributed by atoms with Crippen LogP contribution < -0.4 is 0 Å². The molecule has 0 aromatic rings. The molecule has 0 heterocycles. The van der Waals surface area contributed by atoms with Gasteiger partial charge < -0.3 is 0 Å². The Kier molecular flexibility index (Phi) is 2.31. The summed E-state index contributed by atoms with van der Waals surface area (Å²) in [4.78, 5) is 0. The summed E-state index contributed by atoms with van der Waals surface area (Å²) in [7, 11) is 0. The number of rotatable bonds is 0. The van der Waals surface area contributed by atoms with Gasteiger partial charge >= 0.3 is 0 Å². The highest BCUT2D eigenvalue weighted by Crippen LogP contribution is 2.27. The second kappa shape index (κ2) is 3.61. The van der Waals surface area contributed by atoms with Crippen molar-refractivity contribution in [2.24, 2.45) is 5.92 Å². The van der Waals surface area contributed by atoms with Crippen LogP contribution in [-0.4, -0.2) is 0 Å². The summed E-state index contributed by atoms with van der Waals surface area (Å²) >= 11 is 0. The molecule has 66 valence electrons. The third-order valence-electron chi connectivity index (χ3n) is 2.52. The van der Waals surface area contributed by atoms with Crippen LogP contribution in [0.2, 0.25) is 0 Å². The third-order valence-corrected chi connectivity index (χ3v) is 2.52. The van der Waals surface area contributed by atoms with E-state index in [4.69, 9.17) is 0 Å². The van der Waals surface area contributed by atoms with E-state index in [-0.39, 0.29) is 0 Å². The van der Waals surface area contributed by atoms with Gasteiger partial charge in [-0.2, -0.15) is 0 Å². The molecule has 0 saturated carbocycles. The molecule has 2 rings (SSSR count). The lowest BCUT2D eigenvalue weighted by atomic mass is 9.86. The molecule has 0 aliphatic heterocycles. The van der Waals surface area contributed by atoms with Gasteiger partial charge in [-0.05, 0) is 18.9 Å². The predicted molar refractivity (Wildman–Crippen MR) is 57.4 cm³/mol. The van der Waals surface area contributed by atoms with Gasteiger partial charge in [-0.1, -0.05) is 54.2 Å². The van der Waals surface area contributed by atoms with Gasteiger partial charge in [0.1, 0.15) is 0 Å². The van der Waals surface area contributed by atoms with Gasteiger partial charge in [-0.25, -0.2) is 0 Å². The molecule has 2 aliphatic carbocycles. The molecule has 13 heavy (non-hydrogen) atoms. The minimum absolute atomic E-state index is 0.509. The molecule has 2 aliphatic rings. The van der Waals surface area contributed by atoms with E-state index in [0.717, 1.165) is 6.42 Å². The van der Waals surface area contributed by atoms with E-state index in [1.165, 1.54) is 11.1 Å². The Morgan fingerprint density at radius 1 is 1.15 bits per heavy atom.